The van der Waals surface area contributed by atoms with E-state index in [1.807, 2.05) is 0 Å². The van der Waals surface area contributed by atoms with Gasteiger partial charge in [0.15, 0.2) is 0 Å². The van der Waals surface area contributed by atoms with Gasteiger partial charge in [0.1, 0.15) is 0 Å². The maximum atomic E-state index is 2.33. The second kappa shape index (κ2) is 6.10. The van der Waals surface area contributed by atoms with Crippen molar-refractivity contribution < 1.29 is 0 Å². The molecule has 0 amide bonds. The molecule has 0 aliphatic carbocycles. The van der Waals surface area contributed by atoms with E-state index in [4.69, 9.17) is 0 Å². The maximum absolute atomic E-state index is 2.33. The van der Waals surface area contributed by atoms with Crippen LogP contribution in [0.3, 0.4) is 0 Å². The van der Waals surface area contributed by atoms with Gasteiger partial charge in [0.25, 0.3) is 0 Å². The van der Waals surface area contributed by atoms with Crippen molar-refractivity contribution in [2.45, 2.75) is 40.5 Å². The van der Waals surface area contributed by atoms with Gasteiger partial charge in [-0.3, -0.25) is 0 Å². The third kappa shape index (κ3) is 4.42. The highest BCUT2D eigenvalue weighted by Crippen LogP contribution is 2.09. The molecule has 0 saturated carbocycles. The van der Waals surface area contributed by atoms with Crippen molar-refractivity contribution in [3.63, 3.8) is 0 Å². The van der Waals surface area contributed by atoms with E-state index in [9.17, 15) is 0 Å². The predicted molar refractivity (Wildman–Crippen MR) is 56.1 cm³/mol. The van der Waals surface area contributed by atoms with Gasteiger partial charge in [0.2, 0.25) is 0 Å². The summed E-state index contributed by atoms with van der Waals surface area (Å²) in [6, 6.07) is 0. The standard InChI is InChI=1S/C11H23N/c1-6-10(3)8-9-12(5)11(4)7-2/h7,10H,6,8-9H2,1-5H3/b11-7+. The van der Waals surface area contributed by atoms with Crippen LogP contribution in [0.5, 0.6) is 0 Å². The maximum Gasteiger partial charge on any atom is 0.0174 e. The van der Waals surface area contributed by atoms with Crippen LogP contribution in [0.1, 0.15) is 40.5 Å². The molecule has 12 heavy (non-hydrogen) atoms. The number of hydrogen-bond donors (Lipinski definition) is 0. The molecule has 0 radical (unpaired) electrons. The van der Waals surface area contributed by atoms with Crippen molar-refractivity contribution >= 4 is 0 Å². The van der Waals surface area contributed by atoms with Crippen LogP contribution in [0.15, 0.2) is 11.8 Å². The van der Waals surface area contributed by atoms with Crippen LogP contribution in [-0.2, 0) is 0 Å². The SMILES string of the molecule is C/C=C(\C)N(C)CCC(C)CC. The average Bonchev–Trinajstić information content (AvgIpc) is 2.11. The monoisotopic (exact) mass is 169 g/mol. The van der Waals surface area contributed by atoms with Crippen LogP contribution in [0, 0.1) is 5.92 Å². The van der Waals surface area contributed by atoms with Crippen molar-refractivity contribution in [3.8, 4) is 0 Å². The first-order valence-corrected chi connectivity index (χ1v) is 4.95. The lowest BCUT2D eigenvalue weighted by atomic mass is 10.1. The molecule has 1 nitrogen and oxygen atoms in total. The lowest BCUT2D eigenvalue weighted by Crippen LogP contribution is -2.18. The van der Waals surface area contributed by atoms with Crippen molar-refractivity contribution in [1.82, 2.24) is 4.90 Å². The van der Waals surface area contributed by atoms with Crippen molar-refractivity contribution in [2.24, 2.45) is 5.92 Å². The molecule has 72 valence electrons. The quantitative estimate of drug-likeness (QED) is 0.610. The van der Waals surface area contributed by atoms with E-state index in [-0.39, 0.29) is 0 Å². The summed E-state index contributed by atoms with van der Waals surface area (Å²) in [4.78, 5) is 2.33. The molecule has 1 unspecified atom stereocenters. The molecule has 0 heterocycles. The van der Waals surface area contributed by atoms with Gasteiger partial charge in [0, 0.05) is 19.3 Å². The van der Waals surface area contributed by atoms with Crippen molar-refractivity contribution in [1.29, 1.82) is 0 Å². The summed E-state index contributed by atoms with van der Waals surface area (Å²) in [5, 5.41) is 0. The predicted octanol–water partition coefficient (Wildman–Crippen LogP) is 3.28. The molecule has 1 atom stereocenters. The van der Waals surface area contributed by atoms with Gasteiger partial charge in [-0.25, -0.2) is 0 Å². The second-order valence-corrected chi connectivity index (χ2v) is 3.65. The number of rotatable bonds is 5. The molecule has 0 aromatic carbocycles. The minimum atomic E-state index is 0.858. The Kier molecular flexibility index (Phi) is 5.87. The number of nitrogens with zero attached hydrogens (tertiary/aromatic N) is 1. The Labute approximate surface area is 77.5 Å². The molecule has 0 aromatic heterocycles. The topological polar surface area (TPSA) is 3.24 Å². The Bertz CT molecular complexity index is 138. The summed E-state index contributed by atoms with van der Waals surface area (Å²) in [5.41, 5.74) is 1.37. The third-order valence-corrected chi connectivity index (χ3v) is 2.67. The fraction of sp³-hybridized carbons (Fsp3) is 0.818. The zero-order valence-electron chi connectivity index (χ0n) is 9.22. The van der Waals surface area contributed by atoms with E-state index >= 15 is 0 Å². The van der Waals surface area contributed by atoms with Crippen LogP contribution < -0.4 is 0 Å². The van der Waals surface area contributed by atoms with Gasteiger partial charge >= 0.3 is 0 Å². The Morgan fingerprint density at radius 1 is 1.50 bits per heavy atom. The Balaban J connectivity index is 3.64. The fourth-order valence-corrected chi connectivity index (χ4v) is 1.01. The summed E-state index contributed by atoms with van der Waals surface area (Å²) in [7, 11) is 2.16. The van der Waals surface area contributed by atoms with Crippen LogP contribution in [0.2, 0.25) is 0 Å². The highest BCUT2D eigenvalue weighted by molar-refractivity contribution is 4.93. The van der Waals surface area contributed by atoms with E-state index in [1.165, 1.54) is 25.1 Å². The lowest BCUT2D eigenvalue weighted by Gasteiger charge is -2.21. The molecule has 0 fully saturated rings. The molecule has 0 bridgehead atoms. The Hall–Kier alpha value is -0.460. The third-order valence-electron chi connectivity index (χ3n) is 2.67. The van der Waals surface area contributed by atoms with E-state index in [1.54, 1.807) is 0 Å². The van der Waals surface area contributed by atoms with Gasteiger partial charge in [0.05, 0.1) is 0 Å². The number of hydrogen-bond acceptors (Lipinski definition) is 1. The average molecular weight is 169 g/mol. The molecule has 0 spiro atoms. The van der Waals surface area contributed by atoms with Crippen LogP contribution in [0.4, 0.5) is 0 Å². The largest absolute Gasteiger partial charge is 0.378 e. The van der Waals surface area contributed by atoms with Gasteiger partial charge in [-0.05, 0) is 26.2 Å². The van der Waals surface area contributed by atoms with E-state index in [0.29, 0.717) is 0 Å². The zero-order valence-corrected chi connectivity index (χ0v) is 9.22. The smallest absolute Gasteiger partial charge is 0.0174 e. The summed E-state index contributed by atoms with van der Waals surface area (Å²) >= 11 is 0. The summed E-state index contributed by atoms with van der Waals surface area (Å²) in [5.74, 6) is 0.858. The molecule has 0 aromatic rings. The Morgan fingerprint density at radius 3 is 2.50 bits per heavy atom. The Morgan fingerprint density at radius 2 is 2.08 bits per heavy atom. The van der Waals surface area contributed by atoms with Gasteiger partial charge < -0.3 is 4.90 Å². The van der Waals surface area contributed by atoms with E-state index in [0.717, 1.165) is 5.92 Å². The first kappa shape index (κ1) is 11.5. The fourth-order valence-electron chi connectivity index (χ4n) is 1.01. The van der Waals surface area contributed by atoms with Gasteiger partial charge in [-0.15, -0.1) is 0 Å². The van der Waals surface area contributed by atoms with Crippen molar-refractivity contribution in [3.05, 3.63) is 11.8 Å². The van der Waals surface area contributed by atoms with Crippen LogP contribution in [-0.4, -0.2) is 18.5 Å². The zero-order chi connectivity index (χ0) is 9.56. The normalized spacial score (nSPS) is 14.6. The van der Waals surface area contributed by atoms with E-state index < -0.39 is 0 Å². The summed E-state index contributed by atoms with van der Waals surface area (Å²) in [6.07, 6.45) is 4.76. The molecule has 0 saturated heterocycles. The van der Waals surface area contributed by atoms with Crippen LogP contribution in [0.25, 0.3) is 0 Å². The molecule has 0 rings (SSSR count). The molecule has 0 aliphatic rings. The number of allylic oxidation sites excluding steroid dienone is 2. The first-order valence-electron chi connectivity index (χ1n) is 4.95. The summed E-state index contributed by atoms with van der Waals surface area (Å²) in [6.45, 7) is 10.0. The molecular weight excluding hydrogens is 146 g/mol. The van der Waals surface area contributed by atoms with Gasteiger partial charge in [-0.2, -0.15) is 0 Å². The highest BCUT2D eigenvalue weighted by Gasteiger charge is 2.01. The lowest BCUT2D eigenvalue weighted by molar-refractivity contribution is 0.363. The van der Waals surface area contributed by atoms with Crippen molar-refractivity contribution in [2.75, 3.05) is 13.6 Å². The summed E-state index contributed by atoms with van der Waals surface area (Å²) < 4.78 is 0. The first-order chi connectivity index (χ1) is 5.61. The molecular formula is C11H23N. The van der Waals surface area contributed by atoms with Gasteiger partial charge in [-0.1, -0.05) is 26.3 Å². The minimum absolute atomic E-state index is 0.858. The molecule has 0 N–H and O–H groups in total. The van der Waals surface area contributed by atoms with E-state index in [2.05, 4.69) is 45.7 Å². The molecule has 1 heteroatoms. The highest BCUT2D eigenvalue weighted by atomic mass is 15.1. The second-order valence-electron chi connectivity index (χ2n) is 3.65. The minimum Gasteiger partial charge on any atom is -0.378 e. The van der Waals surface area contributed by atoms with Crippen LogP contribution >= 0.6 is 0 Å². The molecule has 0 aliphatic heterocycles.